The summed E-state index contributed by atoms with van der Waals surface area (Å²) in [6.45, 7) is 4.06. The summed E-state index contributed by atoms with van der Waals surface area (Å²) in [5, 5.41) is 3.49. The van der Waals surface area contributed by atoms with Crippen molar-refractivity contribution in [3.63, 3.8) is 0 Å². The molecule has 1 atom stereocenters. The molecule has 5 nitrogen and oxygen atoms in total. The van der Waals surface area contributed by atoms with Gasteiger partial charge in [-0.25, -0.2) is 0 Å². The quantitative estimate of drug-likeness (QED) is 0.862. The van der Waals surface area contributed by atoms with Crippen molar-refractivity contribution in [2.75, 3.05) is 47.5 Å². The van der Waals surface area contributed by atoms with E-state index in [2.05, 4.69) is 28.4 Å². The van der Waals surface area contributed by atoms with Crippen molar-refractivity contribution in [2.24, 2.45) is 0 Å². The summed E-state index contributed by atoms with van der Waals surface area (Å²) in [4.78, 5) is 2.51. The lowest BCUT2D eigenvalue weighted by molar-refractivity contribution is 0.235. The Morgan fingerprint density at radius 1 is 0.885 bits per heavy atom. The Morgan fingerprint density at radius 2 is 1.69 bits per heavy atom. The predicted octanol–water partition coefficient (Wildman–Crippen LogP) is 3.10. The van der Waals surface area contributed by atoms with E-state index >= 15 is 0 Å². The summed E-state index contributed by atoms with van der Waals surface area (Å²) < 4.78 is 16.6. The van der Waals surface area contributed by atoms with Crippen LogP contribution in [0.5, 0.6) is 17.2 Å². The van der Waals surface area contributed by atoms with Gasteiger partial charge in [0.25, 0.3) is 0 Å². The molecule has 2 aromatic carbocycles. The first kappa shape index (κ1) is 18.5. The largest absolute Gasteiger partial charge is 0.497 e. The Balaban J connectivity index is 2.07. The molecule has 5 heteroatoms. The summed E-state index contributed by atoms with van der Waals surface area (Å²) in [6, 6.07) is 14.5. The van der Waals surface area contributed by atoms with E-state index in [9.17, 15) is 0 Å². The molecule has 2 aromatic rings. The molecule has 26 heavy (non-hydrogen) atoms. The van der Waals surface area contributed by atoms with Crippen LogP contribution < -0.4 is 19.5 Å². The molecule has 0 saturated carbocycles. The highest BCUT2D eigenvalue weighted by atomic mass is 16.5. The van der Waals surface area contributed by atoms with E-state index in [4.69, 9.17) is 14.2 Å². The smallest absolute Gasteiger partial charge is 0.127 e. The second-order valence-electron chi connectivity index (χ2n) is 6.43. The zero-order chi connectivity index (χ0) is 18.4. The molecule has 0 radical (unpaired) electrons. The van der Waals surface area contributed by atoms with Crippen molar-refractivity contribution < 1.29 is 14.2 Å². The van der Waals surface area contributed by atoms with E-state index in [1.807, 2.05) is 24.3 Å². The van der Waals surface area contributed by atoms with Gasteiger partial charge in [0.15, 0.2) is 0 Å². The van der Waals surface area contributed by atoms with Crippen molar-refractivity contribution in [1.82, 2.24) is 10.2 Å². The first-order valence-corrected chi connectivity index (χ1v) is 9.07. The van der Waals surface area contributed by atoms with Gasteiger partial charge in [-0.05, 0) is 42.8 Å². The summed E-state index contributed by atoms with van der Waals surface area (Å²) >= 11 is 0. The average Bonchev–Trinajstić information content (AvgIpc) is 2.98. The lowest BCUT2D eigenvalue weighted by atomic mass is 9.95. The summed E-state index contributed by atoms with van der Waals surface area (Å²) in [5.74, 6) is 2.51. The minimum absolute atomic E-state index is 0.103. The fourth-order valence-corrected chi connectivity index (χ4v) is 3.57. The molecular weight excluding hydrogens is 328 g/mol. The monoisotopic (exact) mass is 356 g/mol. The van der Waals surface area contributed by atoms with Gasteiger partial charge >= 0.3 is 0 Å². The highest BCUT2D eigenvalue weighted by Crippen LogP contribution is 2.38. The van der Waals surface area contributed by atoms with E-state index in [-0.39, 0.29) is 6.04 Å². The Bertz CT molecular complexity index is 712. The molecule has 3 rings (SSSR count). The Hall–Kier alpha value is -2.24. The van der Waals surface area contributed by atoms with Crippen LogP contribution in [0.25, 0.3) is 0 Å². The Labute approximate surface area is 155 Å². The minimum Gasteiger partial charge on any atom is -0.497 e. The van der Waals surface area contributed by atoms with Gasteiger partial charge in [0.2, 0.25) is 0 Å². The molecule has 0 bridgehead atoms. The van der Waals surface area contributed by atoms with Crippen LogP contribution in [-0.2, 0) is 0 Å². The highest BCUT2D eigenvalue weighted by molar-refractivity contribution is 5.47. The molecular formula is C21H28N2O3. The fraction of sp³-hybridized carbons (Fsp3) is 0.429. The minimum atomic E-state index is 0.103. The van der Waals surface area contributed by atoms with Crippen molar-refractivity contribution in [2.45, 2.75) is 12.5 Å². The summed E-state index contributed by atoms with van der Waals surface area (Å²) in [5.41, 5.74) is 2.35. The molecule has 0 amide bonds. The molecule has 1 heterocycles. The van der Waals surface area contributed by atoms with E-state index in [1.54, 1.807) is 21.3 Å². The van der Waals surface area contributed by atoms with Crippen LogP contribution in [0.15, 0.2) is 42.5 Å². The molecule has 1 aliphatic heterocycles. The summed E-state index contributed by atoms with van der Waals surface area (Å²) in [7, 11) is 5.09. The molecule has 140 valence electrons. The molecule has 1 saturated heterocycles. The Morgan fingerprint density at radius 3 is 2.46 bits per heavy atom. The van der Waals surface area contributed by atoms with Gasteiger partial charge in [-0.2, -0.15) is 0 Å². The summed E-state index contributed by atoms with van der Waals surface area (Å²) in [6.07, 6.45) is 1.12. The third-order valence-corrected chi connectivity index (χ3v) is 4.88. The lowest BCUT2D eigenvalue weighted by Gasteiger charge is -2.32. The normalized spacial score (nSPS) is 16.6. The van der Waals surface area contributed by atoms with Crippen LogP contribution in [-0.4, -0.2) is 52.4 Å². The van der Waals surface area contributed by atoms with Crippen molar-refractivity contribution in [1.29, 1.82) is 0 Å². The number of methoxy groups -OCH3 is 3. The van der Waals surface area contributed by atoms with E-state index in [1.165, 1.54) is 5.56 Å². The number of benzene rings is 2. The van der Waals surface area contributed by atoms with Crippen LogP contribution >= 0.6 is 0 Å². The molecule has 1 N–H and O–H groups in total. The van der Waals surface area contributed by atoms with Gasteiger partial charge in [0.1, 0.15) is 17.2 Å². The third kappa shape index (κ3) is 4.11. The molecule has 0 aliphatic carbocycles. The number of rotatable bonds is 6. The number of hydrogen-bond acceptors (Lipinski definition) is 5. The number of nitrogens with zero attached hydrogens (tertiary/aromatic N) is 1. The number of nitrogens with one attached hydrogen (secondary N) is 1. The second kappa shape index (κ2) is 8.92. The van der Waals surface area contributed by atoms with Crippen LogP contribution in [0.4, 0.5) is 0 Å². The van der Waals surface area contributed by atoms with E-state index < -0.39 is 0 Å². The molecule has 1 aliphatic rings. The second-order valence-corrected chi connectivity index (χ2v) is 6.43. The fourth-order valence-electron chi connectivity index (χ4n) is 3.57. The molecule has 1 fully saturated rings. The molecule has 0 spiro atoms. The van der Waals surface area contributed by atoms with Crippen LogP contribution in [0.1, 0.15) is 23.6 Å². The maximum absolute atomic E-state index is 5.72. The number of hydrogen-bond donors (Lipinski definition) is 1. The highest BCUT2D eigenvalue weighted by Gasteiger charge is 2.26. The molecule has 0 aromatic heterocycles. The maximum Gasteiger partial charge on any atom is 0.127 e. The topological polar surface area (TPSA) is 43.0 Å². The van der Waals surface area contributed by atoms with Gasteiger partial charge in [-0.3, -0.25) is 4.90 Å². The predicted molar refractivity (Wildman–Crippen MR) is 103 cm³/mol. The maximum atomic E-state index is 5.72. The van der Waals surface area contributed by atoms with Gasteiger partial charge in [-0.1, -0.05) is 12.1 Å². The van der Waals surface area contributed by atoms with Gasteiger partial charge in [-0.15, -0.1) is 0 Å². The number of ether oxygens (including phenoxy) is 3. The van der Waals surface area contributed by atoms with Crippen LogP contribution in [0.3, 0.4) is 0 Å². The van der Waals surface area contributed by atoms with E-state index in [0.717, 1.165) is 55.4 Å². The van der Waals surface area contributed by atoms with Gasteiger partial charge in [0, 0.05) is 31.3 Å². The first-order chi connectivity index (χ1) is 12.8. The van der Waals surface area contributed by atoms with Crippen molar-refractivity contribution in [3.8, 4) is 17.2 Å². The zero-order valence-corrected chi connectivity index (χ0v) is 15.8. The van der Waals surface area contributed by atoms with Crippen LogP contribution in [0.2, 0.25) is 0 Å². The van der Waals surface area contributed by atoms with Gasteiger partial charge in [0.05, 0.1) is 27.4 Å². The lowest BCUT2D eigenvalue weighted by Crippen LogP contribution is -2.33. The van der Waals surface area contributed by atoms with Crippen molar-refractivity contribution >= 4 is 0 Å². The van der Waals surface area contributed by atoms with Crippen LogP contribution in [0, 0.1) is 0 Å². The SMILES string of the molecule is COc1cccc(C(c2ccc(OC)cc2OC)N2CCCNCC2)c1. The standard InChI is InChI=1S/C21H28N2O3/c1-24-17-7-4-6-16(14-17)21(23-12-5-10-22-11-13-23)19-9-8-18(25-2)15-20(19)26-3/h4,6-9,14-15,21-22H,5,10-13H2,1-3H3. The first-order valence-electron chi connectivity index (χ1n) is 9.07. The third-order valence-electron chi connectivity index (χ3n) is 4.88. The Kier molecular flexibility index (Phi) is 6.36. The zero-order valence-electron chi connectivity index (χ0n) is 15.8. The van der Waals surface area contributed by atoms with Crippen molar-refractivity contribution in [3.05, 3.63) is 53.6 Å². The average molecular weight is 356 g/mol. The molecule has 1 unspecified atom stereocenters. The van der Waals surface area contributed by atoms with E-state index in [0.29, 0.717) is 0 Å². The van der Waals surface area contributed by atoms with Gasteiger partial charge < -0.3 is 19.5 Å².